The van der Waals surface area contributed by atoms with Crippen molar-refractivity contribution in [2.24, 2.45) is 0 Å². The van der Waals surface area contributed by atoms with Gasteiger partial charge in [-0.2, -0.15) is 4.39 Å². The van der Waals surface area contributed by atoms with E-state index >= 15 is 0 Å². The van der Waals surface area contributed by atoms with E-state index in [1.807, 2.05) is 0 Å². The zero-order chi connectivity index (χ0) is 9.30. The molecule has 1 aromatic carbocycles. The molecule has 0 fully saturated rings. The maximum atomic E-state index is 12.5. The molecule has 0 atom stereocenters. The van der Waals surface area contributed by atoms with Crippen molar-refractivity contribution in [3.63, 3.8) is 0 Å². The van der Waals surface area contributed by atoms with Crippen LogP contribution in [0.5, 0.6) is 5.75 Å². The van der Waals surface area contributed by atoms with Crippen molar-refractivity contribution in [2.45, 2.75) is 0 Å². The maximum absolute atomic E-state index is 12.5. The second kappa shape index (κ2) is 2.72. The van der Waals surface area contributed by atoms with Crippen LogP contribution in [0.4, 0.5) is 14.5 Å². The second-order valence-electron chi connectivity index (χ2n) is 2.02. The number of hydrogen-bond donors (Lipinski definition) is 1. The quantitative estimate of drug-likeness (QED) is 0.520. The zero-order valence-corrected chi connectivity index (χ0v) is 5.62. The van der Waals surface area contributed by atoms with Crippen molar-refractivity contribution in [3.05, 3.63) is 33.9 Å². The van der Waals surface area contributed by atoms with E-state index in [1.54, 1.807) is 0 Å². The number of nitro groups is 1. The van der Waals surface area contributed by atoms with Gasteiger partial charge in [0.05, 0.1) is 11.0 Å². The van der Waals surface area contributed by atoms with E-state index in [9.17, 15) is 18.9 Å². The third-order valence-electron chi connectivity index (χ3n) is 1.19. The van der Waals surface area contributed by atoms with Crippen molar-refractivity contribution in [1.29, 1.82) is 0 Å². The van der Waals surface area contributed by atoms with Gasteiger partial charge in [-0.15, -0.1) is 0 Å². The molecule has 1 N–H and O–H groups in total. The highest BCUT2D eigenvalue weighted by Crippen LogP contribution is 2.24. The van der Waals surface area contributed by atoms with Gasteiger partial charge >= 0.3 is 5.69 Å². The van der Waals surface area contributed by atoms with Gasteiger partial charge in [0.15, 0.2) is 5.82 Å². The summed E-state index contributed by atoms with van der Waals surface area (Å²) in [6, 6.07) is 1.00. The lowest BCUT2D eigenvalue weighted by molar-refractivity contribution is -0.387. The van der Waals surface area contributed by atoms with Gasteiger partial charge in [0.25, 0.3) is 0 Å². The van der Waals surface area contributed by atoms with Gasteiger partial charge in [-0.05, 0) is 0 Å². The van der Waals surface area contributed by atoms with Gasteiger partial charge in [0, 0.05) is 6.07 Å². The van der Waals surface area contributed by atoms with Crippen LogP contribution in [-0.2, 0) is 0 Å². The Morgan fingerprint density at radius 2 is 2.00 bits per heavy atom. The topological polar surface area (TPSA) is 63.4 Å². The predicted molar refractivity (Wildman–Crippen MR) is 34.7 cm³/mol. The SMILES string of the molecule is O=[N+]([O-])c1cc(O)cc(F)c1F. The molecule has 0 radical (unpaired) electrons. The Hall–Kier alpha value is -1.72. The first-order valence-corrected chi connectivity index (χ1v) is 2.85. The number of aromatic hydroxyl groups is 1. The predicted octanol–water partition coefficient (Wildman–Crippen LogP) is 1.58. The fraction of sp³-hybridized carbons (Fsp3) is 0. The molecule has 1 aromatic rings. The summed E-state index contributed by atoms with van der Waals surface area (Å²) < 4.78 is 24.9. The standard InChI is InChI=1S/C6H3F2NO3/c7-4-1-3(10)2-5(6(4)8)9(11)12/h1-2,10H. The van der Waals surface area contributed by atoms with E-state index < -0.39 is 28.0 Å². The average molecular weight is 175 g/mol. The smallest absolute Gasteiger partial charge is 0.311 e. The average Bonchev–Trinajstić information content (AvgIpc) is 1.96. The Balaban J connectivity index is 3.37. The van der Waals surface area contributed by atoms with Crippen LogP contribution in [-0.4, -0.2) is 10.0 Å². The summed E-state index contributed by atoms with van der Waals surface area (Å²) in [5.41, 5.74) is -1.08. The minimum Gasteiger partial charge on any atom is -0.508 e. The number of hydrogen-bond acceptors (Lipinski definition) is 3. The van der Waals surface area contributed by atoms with E-state index in [-0.39, 0.29) is 0 Å². The number of nitro benzene ring substituents is 1. The summed E-state index contributed by atoms with van der Waals surface area (Å²) >= 11 is 0. The monoisotopic (exact) mass is 175 g/mol. The molecule has 1 rings (SSSR count). The Labute approximate surface area is 65.2 Å². The van der Waals surface area contributed by atoms with E-state index in [0.717, 1.165) is 0 Å². The molecule has 0 saturated heterocycles. The lowest BCUT2D eigenvalue weighted by Gasteiger charge is -1.95. The molecule has 0 amide bonds. The number of phenolic OH excluding ortho intramolecular Hbond substituents is 1. The number of rotatable bonds is 1. The van der Waals surface area contributed by atoms with Crippen molar-refractivity contribution < 1.29 is 18.8 Å². The largest absolute Gasteiger partial charge is 0.508 e. The van der Waals surface area contributed by atoms with E-state index in [2.05, 4.69) is 0 Å². The van der Waals surface area contributed by atoms with Gasteiger partial charge in [-0.3, -0.25) is 10.1 Å². The summed E-state index contributed by atoms with van der Waals surface area (Å²) in [4.78, 5) is 8.90. The molecule has 0 unspecified atom stereocenters. The first-order valence-electron chi connectivity index (χ1n) is 2.85. The molecule has 6 heteroatoms. The summed E-state index contributed by atoms with van der Waals surface area (Å²) in [5, 5.41) is 18.7. The fourth-order valence-electron chi connectivity index (χ4n) is 0.694. The van der Waals surface area contributed by atoms with Gasteiger partial charge in [0.2, 0.25) is 5.82 Å². The summed E-state index contributed by atoms with van der Waals surface area (Å²) in [5.74, 6) is -3.69. The normalized spacial score (nSPS) is 9.83. The van der Waals surface area contributed by atoms with Crippen LogP contribution in [0.2, 0.25) is 0 Å². The highest BCUT2D eigenvalue weighted by Gasteiger charge is 2.19. The molecule has 0 aromatic heterocycles. The zero-order valence-electron chi connectivity index (χ0n) is 5.62. The van der Waals surface area contributed by atoms with Gasteiger partial charge in [-0.25, -0.2) is 4.39 Å². The molecular formula is C6H3F2NO3. The number of benzene rings is 1. The van der Waals surface area contributed by atoms with Gasteiger partial charge in [0.1, 0.15) is 5.75 Å². The summed E-state index contributed by atoms with van der Waals surface area (Å²) in [6.45, 7) is 0. The van der Waals surface area contributed by atoms with Crippen molar-refractivity contribution in [3.8, 4) is 5.75 Å². The van der Waals surface area contributed by atoms with Crippen molar-refractivity contribution >= 4 is 5.69 Å². The molecule has 0 spiro atoms. The maximum Gasteiger partial charge on any atom is 0.311 e. The highest BCUT2D eigenvalue weighted by molar-refractivity contribution is 5.39. The molecule has 0 saturated carbocycles. The van der Waals surface area contributed by atoms with Crippen LogP contribution < -0.4 is 0 Å². The Morgan fingerprint density at radius 3 is 2.50 bits per heavy atom. The van der Waals surface area contributed by atoms with E-state index in [1.165, 1.54) is 0 Å². The summed E-state index contributed by atoms with van der Waals surface area (Å²) in [7, 11) is 0. The van der Waals surface area contributed by atoms with Crippen LogP contribution in [0, 0.1) is 21.7 Å². The number of phenols is 1. The first-order chi connectivity index (χ1) is 5.52. The molecule has 0 bridgehead atoms. The molecule has 0 heterocycles. The van der Waals surface area contributed by atoms with Crippen LogP contribution in [0.3, 0.4) is 0 Å². The molecule has 0 aliphatic heterocycles. The molecule has 0 aliphatic rings. The Morgan fingerprint density at radius 1 is 1.42 bits per heavy atom. The molecular weight excluding hydrogens is 172 g/mol. The first kappa shape index (κ1) is 8.38. The molecule has 4 nitrogen and oxygen atoms in total. The van der Waals surface area contributed by atoms with Gasteiger partial charge in [-0.1, -0.05) is 0 Å². The highest BCUT2D eigenvalue weighted by atomic mass is 19.2. The lowest BCUT2D eigenvalue weighted by atomic mass is 10.3. The Kier molecular flexibility index (Phi) is 1.90. The lowest BCUT2D eigenvalue weighted by Crippen LogP contribution is -1.94. The van der Waals surface area contributed by atoms with Crippen LogP contribution in [0.1, 0.15) is 0 Å². The van der Waals surface area contributed by atoms with E-state index in [0.29, 0.717) is 12.1 Å². The molecule has 64 valence electrons. The van der Waals surface area contributed by atoms with Crippen molar-refractivity contribution in [1.82, 2.24) is 0 Å². The number of halogens is 2. The van der Waals surface area contributed by atoms with Crippen LogP contribution in [0.15, 0.2) is 12.1 Å². The van der Waals surface area contributed by atoms with Gasteiger partial charge < -0.3 is 5.11 Å². The minimum absolute atomic E-state index is 0.461. The second-order valence-corrected chi connectivity index (χ2v) is 2.02. The Bertz CT molecular complexity index is 340. The minimum atomic E-state index is -1.57. The summed E-state index contributed by atoms with van der Waals surface area (Å²) in [6.07, 6.45) is 0. The van der Waals surface area contributed by atoms with Crippen molar-refractivity contribution in [2.75, 3.05) is 0 Å². The molecule has 12 heavy (non-hydrogen) atoms. The fourth-order valence-corrected chi connectivity index (χ4v) is 0.694. The van der Waals surface area contributed by atoms with Crippen LogP contribution >= 0.6 is 0 Å². The third-order valence-corrected chi connectivity index (χ3v) is 1.19. The molecule has 0 aliphatic carbocycles. The third kappa shape index (κ3) is 1.31. The van der Waals surface area contributed by atoms with Crippen LogP contribution in [0.25, 0.3) is 0 Å². The number of nitrogens with zero attached hydrogens (tertiary/aromatic N) is 1. The van der Waals surface area contributed by atoms with E-state index in [4.69, 9.17) is 5.11 Å².